The summed E-state index contributed by atoms with van der Waals surface area (Å²) in [7, 11) is 0. The molecule has 0 bridgehead atoms. The molecule has 1 atom stereocenters. The van der Waals surface area contributed by atoms with Crippen molar-refractivity contribution in [2.24, 2.45) is 0 Å². The smallest absolute Gasteiger partial charge is 0.251 e. The van der Waals surface area contributed by atoms with Crippen molar-refractivity contribution in [3.63, 3.8) is 0 Å². The summed E-state index contributed by atoms with van der Waals surface area (Å²) in [5, 5.41) is 3.17. The molecule has 0 saturated carbocycles. The molecule has 120 valence electrons. The zero-order valence-corrected chi connectivity index (χ0v) is 15.0. The second-order valence-electron chi connectivity index (χ2n) is 6.18. The lowest BCUT2D eigenvalue weighted by Crippen LogP contribution is -2.28. The van der Waals surface area contributed by atoms with E-state index in [1.54, 1.807) is 0 Å². The number of halogens is 1. The first-order valence-corrected chi connectivity index (χ1v) is 9.15. The van der Waals surface area contributed by atoms with E-state index in [0.29, 0.717) is 5.56 Å². The summed E-state index contributed by atoms with van der Waals surface area (Å²) in [5.74, 6) is -0.0120. The Labute approximate surface area is 146 Å². The predicted molar refractivity (Wildman–Crippen MR) is 97.7 cm³/mol. The van der Waals surface area contributed by atoms with Crippen molar-refractivity contribution in [2.45, 2.75) is 45.1 Å². The molecule has 1 aliphatic rings. The fraction of sp³-hybridized carbons (Fsp3) is 0.350. The Balaban J connectivity index is 1.77. The Kier molecular flexibility index (Phi) is 5.16. The van der Waals surface area contributed by atoms with Crippen molar-refractivity contribution in [1.82, 2.24) is 5.32 Å². The van der Waals surface area contributed by atoms with Crippen LogP contribution < -0.4 is 5.32 Å². The second-order valence-corrected chi connectivity index (χ2v) is 7.09. The molecule has 0 heterocycles. The van der Waals surface area contributed by atoms with Gasteiger partial charge in [0.15, 0.2) is 0 Å². The molecule has 1 N–H and O–H groups in total. The van der Waals surface area contributed by atoms with Crippen LogP contribution in [0.25, 0.3) is 0 Å². The first-order chi connectivity index (χ1) is 11.2. The highest BCUT2D eigenvalue weighted by atomic mass is 79.9. The Hall–Kier alpha value is -1.61. The lowest BCUT2D eigenvalue weighted by molar-refractivity contribution is 0.0935. The average molecular weight is 372 g/mol. The normalized spacial score (nSPS) is 14.9. The lowest BCUT2D eigenvalue weighted by Gasteiger charge is -2.21. The number of amides is 1. The van der Waals surface area contributed by atoms with E-state index >= 15 is 0 Å². The number of rotatable bonds is 4. The van der Waals surface area contributed by atoms with Gasteiger partial charge in [0, 0.05) is 10.0 Å². The van der Waals surface area contributed by atoms with Crippen LogP contribution >= 0.6 is 15.9 Å². The summed E-state index contributed by atoms with van der Waals surface area (Å²) in [6.45, 7) is 2.12. The molecule has 3 heteroatoms. The minimum Gasteiger partial charge on any atom is -0.345 e. The van der Waals surface area contributed by atoms with E-state index in [9.17, 15) is 4.79 Å². The highest BCUT2D eigenvalue weighted by Gasteiger charge is 2.16. The van der Waals surface area contributed by atoms with Crippen molar-refractivity contribution in [3.05, 3.63) is 69.2 Å². The van der Waals surface area contributed by atoms with Crippen LogP contribution in [0, 0.1) is 0 Å². The molecule has 3 rings (SSSR count). The second kappa shape index (κ2) is 7.31. The quantitative estimate of drug-likeness (QED) is 0.784. The van der Waals surface area contributed by atoms with E-state index < -0.39 is 0 Å². The number of fused-ring (bicyclic) bond motifs is 1. The molecule has 2 nitrogen and oxygen atoms in total. The van der Waals surface area contributed by atoms with Crippen LogP contribution in [-0.4, -0.2) is 5.91 Å². The monoisotopic (exact) mass is 371 g/mol. The summed E-state index contributed by atoms with van der Waals surface area (Å²) >= 11 is 3.40. The van der Waals surface area contributed by atoms with Gasteiger partial charge in [-0.05, 0) is 73.1 Å². The molecule has 0 fully saturated rings. The van der Waals surface area contributed by atoms with Gasteiger partial charge in [0.1, 0.15) is 0 Å². The maximum atomic E-state index is 12.5. The zero-order chi connectivity index (χ0) is 16.2. The van der Waals surface area contributed by atoms with Gasteiger partial charge in [-0.15, -0.1) is 0 Å². The number of benzene rings is 2. The number of aryl methyl sites for hydroxylation is 2. The van der Waals surface area contributed by atoms with Gasteiger partial charge in [-0.1, -0.05) is 41.1 Å². The fourth-order valence-electron chi connectivity index (χ4n) is 3.23. The van der Waals surface area contributed by atoms with E-state index in [2.05, 4.69) is 46.4 Å². The highest BCUT2D eigenvalue weighted by Crippen LogP contribution is 2.26. The van der Waals surface area contributed by atoms with Crippen LogP contribution in [0.4, 0.5) is 0 Å². The third-order valence-corrected chi connectivity index (χ3v) is 5.12. The van der Waals surface area contributed by atoms with Crippen molar-refractivity contribution in [3.8, 4) is 0 Å². The molecule has 1 aliphatic carbocycles. The largest absolute Gasteiger partial charge is 0.345 e. The maximum Gasteiger partial charge on any atom is 0.251 e. The van der Waals surface area contributed by atoms with Gasteiger partial charge in [-0.2, -0.15) is 0 Å². The Bertz CT molecular complexity index is 693. The van der Waals surface area contributed by atoms with Crippen LogP contribution in [0.3, 0.4) is 0 Å². The standard InChI is InChI=1S/C20H22BrNO/c1-2-19(22-20(23)15-9-11-18(21)12-10-15)17-8-7-14-5-3-4-6-16(14)13-17/h7-13,19H,2-6H2,1H3,(H,22,23)/t19-/m1/s1. The first-order valence-electron chi connectivity index (χ1n) is 8.35. The molecule has 0 radical (unpaired) electrons. The minimum atomic E-state index is -0.0120. The van der Waals surface area contributed by atoms with Crippen molar-refractivity contribution < 1.29 is 4.79 Å². The summed E-state index contributed by atoms with van der Waals surface area (Å²) in [5.41, 5.74) is 4.86. The third-order valence-electron chi connectivity index (χ3n) is 4.59. The van der Waals surface area contributed by atoms with Crippen LogP contribution in [0.1, 0.15) is 59.3 Å². The molecule has 0 aromatic heterocycles. The molecule has 0 spiro atoms. The van der Waals surface area contributed by atoms with E-state index in [4.69, 9.17) is 0 Å². The van der Waals surface area contributed by atoms with Gasteiger partial charge in [0.05, 0.1) is 6.04 Å². The summed E-state index contributed by atoms with van der Waals surface area (Å²) in [6, 6.07) is 14.3. The molecule has 0 unspecified atom stereocenters. The molecule has 1 amide bonds. The average Bonchev–Trinajstić information content (AvgIpc) is 2.59. The van der Waals surface area contributed by atoms with Crippen LogP contribution in [-0.2, 0) is 12.8 Å². The number of carbonyl (C=O) groups excluding carboxylic acids is 1. The van der Waals surface area contributed by atoms with Gasteiger partial charge in [0.2, 0.25) is 0 Å². The molecule has 23 heavy (non-hydrogen) atoms. The van der Waals surface area contributed by atoms with Gasteiger partial charge in [-0.3, -0.25) is 4.79 Å². The molecule has 2 aromatic rings. The number of carbonyl (C=O) groups is 1. The lowest BCUT2D eigenvalue weighted by atomic mass is 9.88. The SMILES string of the molecule is CC[C@@H](NC(=O)c1ccc(Br)cc1)c1ccc2c(c1)CCCC2. The highest BCUT2D eigenvalue weighted by molar-refractivity contribution is 9.10. The molecule has 0 saturated heterocycles. The van der Waals surface area contributed by atoms with Gasteiger partial charge >= 0.3 is 0 Å². The van der Waals surface area contributed by atoms with Crippen LogP contribution in [0.2, 0.25) is 0 Å². The Morgan fingerprint density at radius 2 is 1.78 bits per heavy atom. The summed E-state index contributed by atoms with van der Waals surface area (Å²) in [6.07, 6.45) is 5.82. The molecular weight excluding hydrogens is 350 g/mol. The number of hydrogen-bond acceptors (Lipinski definition) is 1. The van der Waals surface area contributed by atoms with Crippen LogP contribution in [0.5, 0.6) is 0 Å². The van der Waals surface area contributed by atoms with Crippen molar-refractivity contribution in [1.29, 1.82) is 0 Å². The predicted octanol–water partition coefficient (Wildman–Crippen LogP) is 5.21. The first kappa shape index (κ1) is 16.3. The number of nitrogens with one attached hydrogen (secondary N) is 1. The summed E-state index contributed by atoms with van der Waals surface area (Å²) < 4.78 is 0.982. The van der Waals surface area contributed by atoms with E-state index in [0.717, 1.165) is 10.9 Å². The minimum absolute atomic E-state index is 0.0120. The maximum absolute atomic E-state index is 12.5. The zero-order valence-electron chi connectivity index (χ0n) is 13.4. The Morgan fingerprint density at radius 3 is 2.48 bits per heavy atom. The summed E-state index contributed by atoms with van der Waals surface area (Å²) in [4.78, 5) is 12.5. The number of hydrogen-bond donors (Lipinski definition) is 1. The van der Waals surface area contributed by atoms with E-state index in [1.165, 1.54) is 42.4 Å². The Morgan fingerprint density at radius 1 is 1.09 bits per heavy atom. The van der Waals surface area contributed by atoms with E-state index in [-0.39, 0.29) is 11.9 Å². The molecule has 0 aliphatic heterocycles. The van der Waals surface area contributed by atoms with Gasteiger partial charge in [-0.25, -0.2) is 0 Å². The van der Waals surface area contributed by atoms with Crippen LogP contribution in [0.15, 0.2) is 46.9 Å². The fourth-order valence-corrected chi connectivity index (χ4v) is 3.50. The van der Waals surface area contributed by atoms with Crippen molar-refractivity contribution >= 4 is 21.8 Å². The third kappa shape index (κ3) is 3.84. The molecular formula is C20H22BrNO. The van der Waals surface area contributed by atoms with Crippen molar-refractivity contribution in [2.75, 3.05) is 0 Å². The topological polar surface area (TPSA) is 29.1 Å². The van der Waals surface area contributed by atoms with Gasteiger partial charge in [0.25, 0.3) is 5.91 Å². The van der Waals surface area contributed by atoms with E-state index in [1.807, 2.05) is 24.3 Å². The molecule has 2 aromatic carbocycles. The van der Waals surface area contributed by atoms with Gasteiger partial charge < -0.3 is 5.32 Å².